The van der Waals surface area contributed by atoms with E-state index in [-0.39, 0.29) is 23.3 Å². The maximum Gasteiger partial charge on any atom is 0.230 e. The van der Waals surface area contributed by atoms with Crippen molar-refractivity contribution in [2.75, 3.05) is 16.8 Å². The van der Waals surface area contributed by atoms with E-state index in [0.717, 1.165) is 40.7 Å². The minimum Gasteiger partial charge on any atom is -0.332 e. The van der Waals surface area contributed by atoms with Crippen molar-refractivity contribution in [3.05, 3.63) is 72.3 Å². The topological polar surface area (TPSA) is 61.4 Å². The van der Waals surface area contributed by atoms with Crippen LogP contribution in [0.25, 0.3) is 10.8 Å². The van der Waals surface area contributed by atoms with E-state index in [9.17, 15) is 9.59 Å². The summed E-state index contributed by atoms with van der Waals surface area (Å²) < 4.78 is 0. The Morgan fingerprint density at radius 2 is 1.76 bits per heavy atom. The highest BCUT2D eigenvalue weighted by molar-refractivity contribution is 7.80. The second-order valence-electron chi connectivity index (χ2n) is 7.01. The van der Waals surface area contributed by atoms with Crippen LogP contribution in [0, 0.1) is 0 Å². The van der Waals surface area contributed by atoms with Gasteiger partial charge in [-0.2, -0.15) is 0 Å². The molecular formula is C23H21N3O2S. The van der Waals surface area contributed by atoms with Crippen LogP contribution < -0.4 is 15.5 Å². The molecule has 0 aliphatic carbocycles. The van der Waals surface area contributed by atoms with Crippen LogP contribution in [-0.4, -0.2) is 23.5 Å². The molecule has 5 nitrogen and oxygen atoms in total. The molecule has 2 amide bonds. The predicted molar refractivity (Wildman–Crippen MR) is 120 cm³/mol. The maximum atomic E-state index is 12.4. The molecule has 29 heavy (non-hydrogen) atoms. The molecule has 1 fully saturated rings. The third-order valence-electron chi connectivity index (χ3n) is 4.99. The Kier molecular flexibility index (Phi) is 5.53. The van der Waals surface area contributed by atoms with Gasteiger partial charge in [0.1, 0.15) is 0 Å². The quantitative estimate of drug-likeness (QED) is 0.646. The first-order chi connectivity index (χ1) is 14.1. The largest absolute Gasteiger partial charge is 0.332 e. The van der Waals surface area contributed by atoms with Crippen molar-refractivity contribution in [1.82, 2.24) is 5.32 Å². The van der Waals surface area contributed by atoms with E-state index in [2.05, 4.69) is 10.6 Å². The van der Waals surface area contributed by atoms with Crippen molar-refractivity contribution in [2.24, 2.45) is 0 Å². The molecule has 0 bridgehead atoms. The summed E-state index contributed by atoms with van der Waals surface area (Å²) in [4.78, 5) is 26.1. The summed E-state index contributed by atoms with van der Waals surface area (Å²) in [6.07, 6.45) is 1.75. The summed E-state index contributed by atoms with van der Waals surface area (Å²) in [5.41, 5.74) is 2.60. The van der Waals surface area contributed by atoms with Crippen molar-refractivity contribution in [3.63, 3.8) is 0 Å². The highest BCUT2D eigenvalue weighted by Gasteiger charge is 2.21. The SMILES string of the molecule is O=C(Cc1cccc2ccccc12)NC(=S)Nc1ccc(N2CCCC2=O)cc1. The zero-order valence-electron chi connectivity index (χ0n) is 15.9. The number of rotatable bonds is 4. The van der Waals surface area contributed by atoms with Crippen molar-refractivity contribution in [1.29, 1.82) is 0 Å². The standard InChI is InChI=1S/C23H21N3O2S/c27-21(15-17-7-3-6-16-5-1-2-8-20(16)17)25-23(29)24-18-10-12-19(13-11-18)26-14-4-9-22(26)28/h1-3,5-8,10-13H,4,9,14-15H2,(H2,24,25,27,29). The molecule has 0 radical (unpaired) electrons. The number of hydrogen-bond donors (Lipinski definition) is 2. The molecule has 0 aromatic heterocycles. The second-order valence-corrected chi connectivity index (χ2v) is 7.42. The molecule has 1 aliphatic rings. The van der Waals surface area contributed by atoms with Crippen LogP contribution in [0.1, 0.15) is 18.4 Å². The number of amides is 2. The first-order valence-corrected chi connectivity index (χ1v) is 9.99. The van der Waals surface area contributed by atoms with Crippen molar-refractivity contribution >= 4 is 51.3 Å². The first-order valence-electron chi connectivity index (χ1n) is 9.58. The highest BCUT2D eigenvalue weighted by Crippen LogP contribution is 2.23. The summed E-state index contributed by atoms with van der Waals surface area (Å²) in [5.74, 6) is -0.0138. The van der Waals surface area contributed by atoms with Gasteiger partial charge in [0.25, 0.3) is 0 Å². The molecule has 146 valence electrons. The number of nitrogens with zero attached hydrogens (tertiary/aromatic N) is 1. The molecule has 1 heterocycles. The molecule has 6 heteroatoms. The number of nitrogens with one attached hydrogen (secondary N) is 2. The summed E-state index contributed by atoms with van der Waals surface area (Å²) in [6.45, 7) is 0.758. The zero-order valence-corrected chi connectivity index (χ0v) is 16.7. The van der Waals surface area contributed by atoms with Gasteiger partial charge in [-0.25, -0.2) is 0 Å². The molecule has 3 aromatic carbocycles. The number of carbonyl (C=O) groups is 2. The lowest BCUT2D eigenvalue weighted by molar-refractivity contribution is -0.119. The second kappa shape index (κ2) is 8.41. The fourth-order valence-corrected chi connectivity index (χ4v) is 3.83. The van der Waals surface area contributed by atoms with Gasteiger partial charge in [0.05, 0.1) is 6.42 Å². The van der Waals surface area contributed by atoms with Crippen LogP contribution in [0.2, 0.25) is 0 Å². The Labute approximate surface area is 174 Å². The number of fused-ring (bicyclic) bond motifs is 1. The molecule has 0 saturated carbocycles. The average Bonchev–Trinajstić information content (AvgIpc) is 3.14. The number of hydrogen-bond acceptors (Lipinski definition) is 3. The van der Waals surface area contributed by atoms with E-state index in [1.54, 1.807) is 4.90 Å². The van der Waals surface area contributed by atoms with Crippen LogP contribution >= 0.6 is 12.2 Å². The third-order valence-corrected chi connectivity index (χ3v) is 5.20. The van der Waals surface area contributed by atoms with Gasteiger partial charge in [-0.3, -0.25) is 9.59 Å². The Morgan fingerprint density at radius 3 is 2.52 bits per heavy atom. The predicted octanol–water partition coefficient (Wildman–Crippen LogP) is 4.02. The molecule has 1 aliphatic heterocycles. The fourth-order valence-electron chi connectivity index (χ4n) is 3.60. The third kappa shape index (κ3) is 4.43. The number of thiocarbonyl (C=S) groups is 1. The molecule has 0 atom stereocenters. The van der Waals surface area contributed by atoms with Crippen LogP contribution in [0.4, 0.5) is 11.4 Å². The van der Waals surface area contributed by atoms with Crippen LogP contribution in [0.15, 0.2) is 66.7 Å². The molecule has 4 rings (SSSR count). The monoisotopic (exact) mass is 403 g/mol. The van der Waals surface area contributed by atoms with Gasteiger partial charge >= 0.3 is 0 Å². The minimum atomic E-state index is -0.168. The molecular weight excluding hydrogens is 382 g/mol. The van der Waals surface area contributed by atoms with Crippen molar-refractivity contribution in [3.8, 4) is 0 Å². The molecule has 0 unspecified atom stereocenters. The highest BCUT2D eigenvalue weighted by atomic mass is 32.1. The van der Waals surface area contributed by atoms with E-state index in [1.807, 2.05) is 66.7 Å². The number of anilines is 2. The Hall–Kier alpha value is -3.25. The van der Waals surface area contributed by atoms with E-state index in [1.165, 1.54) is 0 Å². The van der Waals surface area contributed by atoms with Gasteiger partial charge in [0.15, 0.2) is 5.11 Å². The van der Waals surface area contributed by atoms with E-state index >= 15 is 0 Å². The number of benzene rings is 3. The number of carbonyl (C=O) groups excluding carboxylic acids is 2. The first kappa shape index (κ1) is 19.1. The average molecular weight is 404 g/mol. The van der Waals surface area contributed by atoms with Gasteiger partial charge in [0, 0.05) is 24.3 Å². The Balaban J connectivity index is 1.35. The molecule has 0 spiro atoms. The van der Waals surface area contributed by atoms with E-state index < -0.39 is 0 Å². The lowest BCUT2D eigenvalue weighted by Gasteiger charge is -2.16. The zero-order chi connectivity index (χ0) is 20.2. The smallest absolute Gasteiger partial charge is 0.230 e. The maximum absolute atomic E-state index is 12.4. The van der Waals surface area contributed by atoms with Crippen LogP contribution in [0.3, 0.4) is 0 Å². The van der Waals surface area contributed by atoms with E-state index in [0.29, 0.717) is 6.42 Å². The van der Waals surface area contributed by atoms with Gasteiger partial charge in [0.2, 0.25) is 11.8 Å². The van der Waals surface area contributed by atoms with Gasteiger partial charge < -0.3 is 15.5 Å². The van der Waals surface area contributed by atoms with Gasteiger partial charge in [-0.1, -0.05) is 42.5 Å². The van der Waals surface area contributed by atoms with Gasteiger partial charge in [-0.15, -0.1) is 0 Å². The summed E-state index contributed by atoms with van der Waals surface area (Å²) >= 11 is 5.28. The Bertz CT molecular complexity index is 1070. The van der Waals surface area contributed by atoms with Gasteiger partial charge in [-0.05, 0) is 59.2 Å². The minimum absolute atomic E-state index is 0.155. The molecule has 1 saturated heterocycles. The van der Waals surface area contributed by atoms with Crippen molar-refractivity contribution < 1.29 is 9.59 Å². The fraction of sp³-hybridized carbons (Fsp3) is 0.174. The summed E-state index contributed by atoms with van der Waals surface area (Å²) in [6, 6.07) is 21.4. The van der Waals surface area contributed by atoms with Crippen LogP contribution in [0.5, 0.6) is 0 Å². The normalized spacial score (nSPS) is 13.5. The van der Waals surface area contributed by atoms with E-state index in [4.69, 9.17) is 12.2 Å². The lowest BCUT2D eigenvalue weighted by Crippen LogP contribution is -2.35. The molecule has 2 N–H and O–H groups in total. The Morgan fingerprint density at radius 1 is 1.00 bits per heavy atom. The summed E-state index contributed by atoms with van der Waals surface area (Å²) in [5, 5.41) is 8.18. The summed E-state index contributed by atoms with van der Waals surface area (Å²) in [7, 11) is 0. The molecule has 3 aromatic rings. The lowest BCUT2D eigenvalue weighted by atomic mass is 10.0. The van der Waals surface area contributed by atoms with Crippen LogP contribution in [-0.2, 0) is 16.0 Å². The van der Waals surface area contributed by atoms with Crippen molar-refractivity contribution in [2.45, 2.75) is 19.3 Å².